The number of halogens is 2. The van der Waals surface area contributed by atoms with Crippen LogP contribution in [0.4, 0.5) is 20.3 Å². The van der Waals surface area contributed by atoms with Gasteiger partial charge < -0.3 is 15.4 Å². The predicted molar refractivity (Wildman–Crippen MR) is 80.5 cm³/mol. The second-order valence-corrected chi connectivity index (χ2v) is 4.64. The third-order valence-electron chi connectivity index (χ3n) is 2.90. The molecule has 0 bridgehead atoms. The smallest absolute Gasteiger partial charge is 0.270 e. The molecule has 0 saturated carbocycles. The second kappa shape index (κ2) is 8.14. The van der Waals surface area contributed by atoms with E-state index in [1.165, 1.54) is 18.5 Å². The number of nitrogens with one attached hydrogen (secondary N) is 2. The van der Waals surface area contributed by atoms with E-state index < -0.39 is 11.6 Å². The summed E-state index contributed by atoms with van der Waals surface area (Å²) in [5.74, 6) is -1.96. The maximum absolute atomic E-state index is 13.2. The lowest BCUT2D eigenvalue weighted by Crippen LogP contribution is -2.26. The Morgan fingerprint density at radius 2 is 2.04 bits per heavy atom. The van der Waals surface area contributed by atoms with E-state index >= 15 is 0 Å². The van der Waals surface area contributed by atoms with Crippen molar-refractivity contribution in [2.24, 2.45) is 0 Å². The molecule has 2 aromatic rings. The SMILES string of the molecule is COCCCNC(=O)c1cc(Nc2ccc(F)c(F)c2)ncn1. The van der Waals surface area contributed by atoms with Crippen molar-refractivity contribution in [3.05, 3.63) is 47.9 Å². The Morgan fingerprint density at radius 1 is 1.22 bits per heavy atom. The molecule has 0 aliphatic rings. The van der Waals surface area contributed by atoms with Gasteiger partial charge in [0.1, 0.15) is 17.8 Å². The highest BCUT2D eigenvalue weighted by atomic mass is 19.2. The van der Waals surface area contributed by atoms with Crippen LogP contribution in [0.3, 0.4) is 0 Å². The standard InChI is InChI=1S/C15H16F2N4O2/c1-23-6-2-5-18-15(22)13-8-14(20-9-19-13)21-10-3-4-11(16)12(17)7-10/h3-4,7-9H,2,5-6H2,1H3,(H,18,22)(H,19,20,21). The van der Waals surface area contributed by atoms with Crippen molar-refractivity contribution in [3.63, 3.8) is 0 Å². The maximum atomic E-state index is 13.2. The van der Waals surface area contributed by atoms with Crippen LogP contribution < -0.4 is 10.6 Å². The minimum Gasteiger partial charge on any atom is -0.385 e. The summed E-state index contributed by atoms with van der Waals surface area (Å²) in [7, 11) is 1.59. The molecule has 6 nitrogen and oxygen atoms in total. The fourth-order valence-corrected chi connectivity index (χ4v) is 1.78. The van der Waals surface area contributed by atoms with E-state index in [-0.39, 0.29) is 11.6 Å². The molecule has 0 aliphatic heterocycles. The number of amides is 1. The first kappa shape index (κ1) is 16.8. The fraction of sp³-hybridized carbons (Fsp3) is 0.267. The highest BCUT2D eigenvalue weighted by molar-refractivity contribution is 5.92. The van der Waals surface area contributed by atoms with E-state index in [0.717, 1.165) is 12.1 Å². The zero-order chi connectivity index (χ0) is 16.7. The van der Waals surface area contributed by atoms with Gasteiger partial charge in [0.25, 0.3) is 5.91 Å². The van der Waals surface area contributed by atoms with Crippen LogP contribution in [0.2, 0.25) is 0 Å². The van der Waals surface area contributed by atoms with Crippen molar-refractivity contribution in [2.45, 2.75) is 6.42 Å². The number of carbonyl (C=O) groups excluding carboxylic acids is 1. The average molecular weight is 322 g/mol. The molecule has 0 aliphatic carbocycles. The normalized spacial score (nSPS) is 10.4. The van der Waals surface area contributed by atoms with Gasteiger partial charge in [0, 0.05) is 38.1 Å². The third kappa shape index (κ3) is 4.96. The van der Waals surface area contributed by atoms with Crippen LogP contribution in [0.25, 0.3) is 0 Å². The number of methoxy groups -OCH3 is 1. The molecule has 0 spiro atoms. The van der Waals surface area contributed by atoms with E-state index in [1.807, 2.05) is 0 Å². The van der Waals surface area contributed by atoms with E-state index in [9.17, 15) is 13.6 Å². The Labute approximate surface area is 131 Å². The molecular formula is C15H16F2N4O2. The van der Waals surface area contributed by atoms with Crippen molar-refractivity contribution >= 4 is 17.4 Å². The van der Waals surface area contributed by atoms with Crippen molar-refractivity contribution in [1.29, 1.82) is 0 Å². The summed E-state index contributed by atoms with van der Waals surface area (Å²) in [6, 6.07) is 4.79. The van der Waals surface area contributed by atoms with Crippen LogP contribution in [0.1, 0.15) is 16.9 Å². The number of hydrogen-bond acceptors (Lipinski definition) is 5. The summed E-state index contributed by atoms with van der Waals surface area (Å²) in [6.45, 7) is 1.01. The lowest BCUT2D eigenvalue weighted by Gasteiger charge is -2.08. The first-order valence-electron chi connectivity index (χ1n) is 6.91. The largest absolute Gasteiger partial charge is 0.385 e. The summed E-state index contributed by atoms with van der Waals surface area (Å²) in [4.78, 5) is 19.8. The summed E-state index contributed by atoms with van der Waals surface area (Å²) in [6.07, 6.45) is 1.90. The van der Waals surface area contributed by atoms with Crippen molar-refractivity contribution in [3.8, 4) is 0 Å². The number of ether oxygens (including phenoxy) is 1. The Hall–Kier alpha value is -2.61. The maximum Gasteiger partial charge on any atom is 0.270 e. The molecular weight excluding hydrogens is 306 g/mol. The van der Waals surface area contributed by atoms with Gasteiger partial charge in [-0.2, -0.15) is 0 Å². The molecule has 122 valence electrons. The molecule has 0 saturated heterocycles. The third-order valence-corrected chi connectivity index (χ3v) is 2.90. The molecule has 2 rings (SSSR count). The van der Waals surface area contributed by atoms with Gasteiger partial charge in [-0.15, -0.1) is 0 Å². The lowest BCUT2D eigenvalue weighted by molar-refractivity contribution is 0.0943. The van der Waals surface area contributed by atoms with E-state index in [4.69, 9.17) is 4.74 Å². The van der Waals surface area contributed by atoms with Crippen LogP contribution in [0, 0.1) is 11.6 Å². The molecule has 0 unspecified atom stereocenters. The Morgan fingerprint density at radius 3 is 2.78 bits per heavy atom. The molecule has 0 atom stereocenters. The zero-order valence-corrected chi connectivity index (χ0v) is 12.5. The van der Waals surface area contributed by atoms with Crippen LogP contribution >= 0.6 is 0 Å². The van der Waals surface area contributed by atoms with Crippen LogP contribution in [-0.4, -0.2) is 36.1 Å². The van der Waals surface area contributed by atoms with Gasteiger partial charge in [-0.3, -0.25) is 4.79 Å². The van der Waals surface area contributed by atoms with Crippen LogP contribution in [0.5, 0.6) is 0 Å². The Kier molecular flexibility index (Phi) is 5.93. The number of benzene rings is 1. The van der Waals surface area contributed by atoms with Crippen molar-refractivity contribution in [1.82, 2.24) is 15.3 Å². The molecule has 8 heteroatoms. The highest BCUT2D eigenvalue weighted by Crippen LogP contribution is 2.17. The molecule has 1 aromatic heterocycles. The number of carbonyl (C=O) groups is 1. The van der Waals surface area contributed by atoms with E-state index in [0.29, 0.717) is 31.1 Å². The minimum atomic E-state index is -0.972. The van der Waals surface area contributed by atoms with Gasteiger partial charge in [-0.05, 0) is 18.6 Å². The molecule has 23 heavy (non-hydrogen) atoms. The predicted octanol–water partition coefficient (Wildman–Crippen LogP) is 2.26. The Bertz CT molecular complexity index is 682. The van der Waals surface area contributed by atoms with Gasteiger partial charge in [-0.1, -0.05) is 0 Å². The molecule has 0 radical (unpaired) electrons. The second-order valence-electron chi connectivity index (χ2n) is 4.64. The zero-order valence-electron chi connectivity index (χ0n) is 12.5. The van der Waals surface area contributed by atoms with Gasteiger partial charge >= 0.3 is 0 Å². The molecule has 1 aromatic carbocycles. The number of aromatic nitrogens is 2. The van der Waals surface area contributed by atoms with Crippen molar-refractivity contribution < 1.29 is 18.3 Å². The van der Waals surface area contributed by atoms with Crippen LogP contribution in [-0.2, 0) is 4.74 Å². The monoisotopic (exact) mass is 322 g/mol. The molecule has 2 N–H and O–H groups in total. The van der Waals surface area contributed by atoms with Gasteiger partial charge in [0.2, 0.25) is 0 Å². The summed E-state index contributed by atoms with van der Waals surface area (Å²) >= 11 is 0. The van der Waals surface area contributed by atoms with Crippen molar-refractivity contribution in [2.75, 3.05) is 25.6 Å². The van der Waals surface area contributed by atoms with Gasteiger partial charge in [0.15, 0.2) is 11.6 Å². The highest BCUT2D eigenvalue weighted by Gasteiger charge is 2.09. The summed E-state index contributed by atoms with van der Waals surface area (Å²) < 4.78 is 30.9. The summed E-state index contributed by atoms with van der Waals surface area (Å²) in [5, 5.41) is 5.48. The first-order chi connectivity index (χ1) is 11.1. The molecule has 1 amide bonds. The van der Waals surface area contributed by atoms with Gasteiger partial charge in [-0.25, -0.2) is 18.7 Å². The topological polar surface area (TPSA) is 76.1 Å². The quantitative estimate of drug-likeness (QED) is 0.765. The Balaban J connectivity index is 2.01. The summed E-state index contributed by atoms with van der Waals surface area (Å²) in [5.41, 5.74) is 0.483. The van der Waals surface area contributed by atoms with E-state index in [2.05, 4.69) is 20.6 Å². The number of nitrogens with zero attached hydrogens (tertiary/aromatic N) is 2. The number of anilines is 2. The fourth-order valence-electron chi connectivity index (χ4n) is 1.78. The average Bonchev–Trinajstić information content (AvgIpc) is 2.55. The first-order valence-corrected chi connectivity index (χ1v) is 6.91. The number of hydrogen-bond donors (Lipinski definition) is 2. The molecule has 1 heterocycles. The van der Waals surface area contributed by atoms with Gasteiger partial charge in [0.05, 0.1) is 0 Å². The number of rotatable bonds is 7. The van der Waals surface area contributed by atoms with Crippen LogP contribution in [0.15, 0.2) is 30.6 Å². The van der Waals surface area contributed by atoms with E-state index in [1.54, 1.807) is 7.11 Å². The minimum absolute atomic E-state index is 0.169. The lowest BCUT2D eigenvalue weighted by atomic mass is 10.3. The molecule has 0 fully saturated rings.